The first-order valence-corrected chi connectivity index (χ1v) is 11.9. The molecule has 0 saturated carbocycles. The van der Waals surface area contributed by atoms with Gasteiger partial charge in [-0.2, -0.15) is 8.42 Å². The van der Waals surface area contributed by atoms with Crippen LogP contribution in [0.2, 0.25) is 0 Å². The Bertz CT molecular complexity index is 853. The summed E-state index contributed by atoms with van der Waals surface area (Å²) in [5.41, 5.74) is 0.135. The van der Waals surface area contributed by atoms with Crippen LogP contribution >= 0.6 is 0 Å². The van der Waals surface area contributed by atoms with Gasteiger partial charge in [0.05, 0.1) is 0 Å². The number of hydrogen-bond donors (Lipinski definition) is 1. The third-order valence-corrected chi connectivity index (χ3v) is 5.85. The van der Waals surface area contributed by atoms with E-state index in [1.165, 1.54) is 44.2 Å². The standard InChI is InChI=1S/C23H32O5S.K/c1-2-3-4-5-6-7-8-9-13-16-21-22(24)17-20(18-23(21)29(25,26)27)28-19-14-11-10-12-15-19;/h10-12,14-15,17-18,24H,2-9,13,16H2,1H3,(H,25,26,27);/q;+1/p-1. The largest absolute Gasteiger partial charge is 1.00 e. The van der Waals surface area contributed by atoms with Crippen molar-refractivity contribution in [2.24, 2.45) is 0 Å². The summed E-state index contributed by atoms with van der Waals surface area (Å²) >= 11 is 0. The molecule has 0 atom stereocenters. The Hall–Kier alpha value is -0.414. The van der Waals surface area contributed by atoms with Crippen molar-refractivity contribution >= 4 is 10.1 Å². The first-order chi connectivity index (χ1) is 13.9. The predicted molar refractivity (Wildman–Crippen MR) is 113 cm³/mol. The fraction of sp³-hybridized carbons (Fsp3) is 0.478. The van der Waals surface area contributed by atoms with Crippen molar-refractivity contribution in [2.45, 2.75) is 76.0 Å². The third kappa shape index (κ3) is 9.81. The van der Waals surface area contributed by atoms with Gasteiger partial charge in [0, 0.05) is 6.07 Å². The Balaban J connectivity index is 0.00000450. The first kappa shape index (κ1) is 27.6. The maximum Gasteiger partial charge on any atom is 1.00 e. The van der Waals surface area contributed by atoms with E-state index < -0.39 is 15.9 Å². The van der Waals surface area contributed by atoms with Crippen LogP contribution in [0.1, 0.15) is 70.3 Å². The maximum atomic E-state index is 12.5. The zero-order valence-corrected chi connectivity index (χ0v) is 22.0. The van der Waals surface area contributed by atoms with E-state index in [-0.39, 0.29) is 67.6 Å². The van der Waals surface area contributed by atoms with Crippen LogP contribution in [-0.2, 0) is 16.5 Å². The Morgan fingerprint density at radius 3 is 2.00 bits per heavy atom. The van der Waals surface area contributed by atoms with Gasteiger partial charge in [-0.1, -0.05) is 76.5 Å². The van der Waals surface area contributed by atoms with Crippen LogP contribution in [0.25, 0.3) is 0 Å². The molecule has 0 heterocycles. The summed E-state index contributed by atoms with van der Waals surface area (Å²) in [5.74, 6) is 0.162. The summed E-state index contributed by atoms with van der Waals surface area (Å²) in [4.78, 5) is -0.351. The van der Waals surface area contributed by atoms with Gasteiger partial charge in [-0.05, 0) is 36.6 Å². The molecular weight excluding hydrogens is 427 g/mol. The molecular formula is C23H31KO5S. The van der Waals surface area contributed by atoms with Crippen molar-refractivity contribution in [3.05, 3.63) is 48.0 Å². The van der Waals surface area contributed by atoms with E-state index in [0.29, 0.717) is 18.6 Å². The molecule has 7 heteroatoms. The molecule has 0 aliphatic heterocycles. The SMILES string of the molecule is CCCCCCCCCCCc1c([O-])cc(Oc2ccccc2)cc1S(=O)(=O)O.[K+]. The van der Waals surface area contributed by atoms with E-state index in [9.17, 15) is 18.1 Å². The molecule has 2 rings (SSSR count). The van der Waals surface area contributed by atoms with Gasteiger partial charge >= 0.3 is 51.4 Å². The summed E-state index contributed by atoms with van der Waals surface area (Å²) in [6.45, 7) is 2.20. The Labute approximate surface area is 223 Å². The minimum Gasteiger partial charge on any atom is -0.872 e. The van der Waals surface area contributed by atoms with Crippen LogP contribution in [-0.4, -0.2) is 13.0 Å². The summed E-state index contributed by atoms with van der Waals surface area (Å²) in [5, 5.41) is 12.5. The predicted octanol–water partition coefficient (Wildman–Crippen LogP) is 2.88. The Kier molecular flexibility index (Phi) is 13.5. The zero-order valence-electron chi connectivity index (χ0n) is 18.1. The van der Waals surface area contributed by atoms with Gasteiger partial charge in [0.15, 0.2) is 0 Å². The normalized spacial score (nSPS) is 11.1. The number of unbranched alkanes of at least 4 members (excludes halogenated alkanes) is 8. The van der Waals surface area contributed by atoms with E-state index in [4.69, 9.17) is 4.74 Å². The summed E-state index contributed by atoms with van der Waals surface area (Å²) < 4.78 is 38.8. The molecule has 2 aromatic carbocycles. The van der Waals surface area contributed by atoms with Crippen LogP contribution < -0.4 is 61.2 Å². The van der Waals surface area contributed by atoms with Gasteiger partial charge in [-0.3, -0.25) is 4.55 Å². The fourth-order valence-corrected chi connectivity index (χ4v) is 4.15. The molecule has 0 unspecified atom stereocenters. The first-order valence-electron chi connectivity index (χ1n) is 10.5. The second-order valence-electron chi connectivity index (χ2n) is 7.37. The molecule has 0 saturated heterocycles. The average Bonchev–Trinajstić information content (AvgIpc) is 2.68. The molecule has 0 spiro atoms. The molecule has 160 valence electrons. The second kappa shape index (κ2) is 14.6. The monoisotopic (exact) mass is 458 g/mol. The van der Waals surface area contributed by atoms with E-state index in [0.717, 1.165) is 19.3 Å². The van der Waals surface area contributed by atoms with E-state index in [1.807, 2.05) is 6.07 Å². The molecule has 0 aromatic heterocycles. The van der Waals surface area contributed by atoms with Crippen LogP contribution in [0.4, 0.5) is 0 Å². The molecule has 0 bridgehead atoms. The Morgan fingerprint density at radius 1 is 0.867 bits per heavy atom. The van der Waals surface area contributed by atoms with Crippen molar-refractivity contribution in [1.82, 2.24) is 0 Å². The van der Waals surface area contributed by atoms with Crippen LogP contribution in [0.15, 0.2) is 47.4 Å². The van der Waals surface area contributed by atoms with Crippen LogP contribution in [0, 0.1) is 0 Å². The van der Waals surface area contributed by atoms with Gasteiger partial charge in [0.25, 0.3) is 10.1 Å². The summed E-state index contributed by atoms with van der Waals surface area (Å²) in [6, 6.07) is 11.3. The molecule has 0 amide bonds. The van der Waals surface area contributed by atoms with Crippen LogP contribution in [0.3, 0.4) is 0 Å². The van der Waals surface area contributed by atoms with Gasteiger partial charge in [-0.15, -0.1) is 5.75 Å². The molecule has 5 nitrogen and oxygen atoms in total. The second-order valence-corrected chi connectivity index (χ2v) is 8.76. The van der Waals surface area contributed by atoms with Gasteiger partial charge in [0.1, 0.15) is 16.4 Å². The maximum absolute atomic E-state index is 12.5. The van der Waals surface area contributed by atoms with Crippen LogP contribution in [0.5, 0.6) is 17.2 Å². The molecule has 0 fully saturated rings. The third-order valence-electron chi connectivity index (χ3n) is 4.93. The van der Waals surface area contributed by atoms with Crippen molar-refractivity contribution in [1.29, 1.82) is 0 Å². The summed E-state index contributed by atoms with van der Waals surface area (Å²) in [7, 11) is -4.51. The number of rotatable bonds is 13. The Morgan fingerprint density at radius 2 is 1.43 bits per heavy atom. The van der Waals surface area contributed by atoms with E-state index in [1.54, 1.807) is 24.3 Å². The molecule has 2 aromatic rings. The average molecular weight is 459 g/mol. The molecule has 30 heavy (non-hydrogen) atoms. The van der Waals surface area contributed by atoms with E-state index in [2.05, 4.69) is 6.92 Å². The fourth-order valence-electron chi connectivity index (χ4n) is 3.37. The van der Waals surface area contributed by atoms with Gasteiger partial charge in [0.2, 0.25) is 0 Å². The van der Waals surface area contributed by atoms with Crippen molar-refractivity contribution in [3.63, 3.8) is 0 Å². The molecule has 0 aliphatic carbocycles. The number of benzene rings is 2. The molecule has 0 radical (unpaired) electrons. The smallest absolute Gasteiger partial charge is 0.872 e. The minimum absolute atomic E-state index is 0. The van der Waals surface area contributed by atoms with Gasteiger partial charge < -0.3 is 9.84 Å². The molecule has 0 aliphatic rings. The summed E-state index contributed by atoms with van der Waals surface area (Å²) in [6.07, 6.45) is 10.5. The van der Waals surface area contributed by atoms with Crippen molar-refractivity contribution in [2.75, 3.05) is 0 Å². The quantitative estimate of drug-likeness (QED) is 0.283. The minimum atomic E-state index is -4.51. The van der Waals surface area contributed by atoms with Crippen molar-refractivity contribution < 1.29 is 74.2 Å². The topological polar surface area (TPSA) is 86.7 Å². The number of para-hydroxylation sites is 1. The number of hydrogen-bond acceptors (Lipinski definition) is 4. The number of ether oxygens (including phenoxy) is 1. The molecule has 1 N–H and O–H groups in total. The zero-order chi connectivity index (χ0) is 21.1. The van der Waals surface area contributed by atoms with E-state index >= 15 is 0 Å². The van der Waals surface area contributed by atoms with Crippen molar-refractivity contribution in [3.8, 4) is 17.2 Å². The van der Waals surface area contributed by atoms with Gasteiger partial charge in [-0.25, -0.2) is 0 Å².